The number of anilines is 1. The van der Waals surface area contributed by atoms with Gasteiger partial charge in [0.2, 0.25) is 10.0 Å². The third-order valence-corrected chi connectivity index (χ3v) is 5.03. The molecule has 5 nitrogen and oxygen atoms in total. The summed E-state index contributed by atoms with van der Waals surface area (Å²) in [4.78, 5) is 0.468. The molecule has 2 N–H and O–H groups in total. The van der Waals surface area contributed by atoms with E-state index in [0.29, 0.717) is 17.1 Å². The zero-order valence-corrected chi connectivity index (χ0v) is 11.2. The highest BCUT2D eigenvalue weighted by molar-refractivity contribution is 8.04. The quantitative estimate of drug-likeness (QED) is 0.509. The van der Waals surface area contributed by atoms with Gasteiger partial charge in [0.1, 0.15) is 5.40 Å². The first-order valence-electron chi connectivity index (χ1n) is 4.85. The highest BCUT2D eigenvalue weighted by Gasteiger charge is 2.23. The summed E-state index contributed by atoms with van der Waals surface area (Å²) in [5, 5.41) is 10.5. The third-order valence-electron chi connectivity index (χ3n) is 2.26. The van der Waals surface area contributed by atoms with Crippen molar-refractivity contribution in [2.75, 3.05) is 19.3 Å². The molecule has 0 radical (unpaired) electrons. The molecule has 0 aliphatic rings. The number of hydrogen-bond acceptors (Lipinski definition) is 5. The number of rotatable bonds is 4. The Bertz CT molecular complexity index is 549. The van der Waals surface area contributed by atoms with Crippen molar-refractivity contribution in [1.29, 1.82) is 5.26 Å². The fourth-order valence-corrected chi connectivity index (χ4v) is 3.32. The molecule has 0 aromatic heterocycles. The Balaban J connectivity index is 3.39. The molecule has 0 unspecified atom stereocenters. The lowest BCUT2D eigenvalue weighted by atomic mass is 10.3. The minimum absolute atomic E-state index is 0.0772. The smallest absolute Gasteiger partial charge is 0.244 e. The maximum atomic E-state index is 12.2. The molecule has 0 spiro atoms. The van der Waals surface area contributed by atoms with Crippen LogP contribution in [0.4, 0.5) is 5.69 Å². The summed E-state index contributed by atoms with van der Waals surface area (Å²) in [6.07, 6.45) is 0. The maximum Gasteiger partial charge on any atom is 0.244 e. The molecule has 17 heavy (non-hydrogen) atoms. The van der Waals surface area contributed by atoms with Crippen LogP contribution in [0, 0.1) is 10.7 Å². The fraction of sp³-hybridized carbons (Fsp3) is 0.300. The van der Waals surface area contributed by atoms with E-state index in [1.165, 1.54) is 17.4 Å². The Hall–Kier alpha value is -1.23. The first-order chi connectivity index (χ1) is 7.93. The molecule has 0 amide bonds. The normalized spacial score (nSPS) is 11.4. The van der Waals surface area contributed by atoms with Gasteiger partial charge < -0.3 is 5.73 Å². The van der Waals surface area contributed by atoms with E-state index in [-0.39, 0.29) is 4.90 Å². The van der Waals surface area contributed by atoms with Gasteiger partial charge in [-0.3, -0.25) is 0 Å². The first kappa shape index (κ1) is 13.8. The molecule has 0 aliphatic heterocycles. The van der Waals surface area contributed by atoms with Crippen LogP contribution in [0.5, 0.6) is 0 Å². The zero-order valence-electron chi connectivity index (χ0n) is 9.54. The first-order valence-corrected chi connectivity index (χ1v) is 7.11. The van der Waals surface area contributed by atoms with E-state index >= 15 is 0 Å². The molecular formula is C10H13N3O2S2. The SMILES string of the molecule is CCN(C)S(=O)(=O)c1cc(N)ccc1SC#N. The van der Waals surface area contributed by atoms with Crippen LogP contribution in [0.25, 0.3) is 0 Å². The van der Waals surface area contributed by atoms with E-state index in [4.69, 9.17) is 11.0 Å². The van der Waals surface area contributed by atoms with Crippen LogP contribution in [-0.4, -0.2) is 26.3 Å². The number of nitrogens with zero attached hydrogens (tertiary/aromatic N) is 2. The number of hydrogen-bond donors (Lipinski definition) is 1. The molecule has 7 heteroatoms. The van der Waals surface area contributed by atoms with Crippen molar-refractivity contribution in [3.05, 3.63) is 18.2 Å². The topological polar surface area (TPSA) is 87.2 Å². The molecular weight excluding hydrogens is 258 g/mol. The number of thiocyanates is 1. The summed E-state index contributed by atoms with van der Waals surface area (Å²) in [7, 11) is -2.10. The van der Waals surface area contributed by atoms with Gasteiger partial charge in [-0.2, -0.15) is 5.26 Å². The lowest BCUT2D eigenvalue weighted by Gasteiger charge is -2.16. The van der Waals surface area contributed by atoms with Crippen molar-refractivity contribution >= 4 is 27.5 Å². The van der Waals surface area contributed by atoms with Crippen LogP contribution in [0.2, 0.25) is 0 Å². The van der Waals surface area contributed by atoms with E-state index in [1.807, 2.05) is 5.40 Å². The van der Waals surface area contributed by atoms with Gasteiger partial charge in [-0.15, -0.1) is 0 Å². The second-order valence-electron chi connectivity index (χ2n) is 3.32. The number of nitrogens with two attached hydrogens (primary N) is 1. The molecule has 0 atom stereocenters. The average molecular weight is 271 g/mol. The van der Waals surface area contributed by atoms with Crippen LogP contribution < -0.4 is 5.73 Å². The highest BCUT2D eigenvalue weighted by Crippen LogP contribution is 2.29. The van der Waals surface area contributed by atoms with Gasteiger partial charge in [-0.25, -0.2) is 12.7 Å². The van der Waals surface area contributed by atoms with Gasteiger partial charge >= 0.3 is 0 Å². The Kier molecular flexibility index (Phi) is 4.40. The predicted molar refractivity (Wildman–Crippen MR) is 67.8 cm³/mol. The molecule has 0 saturated carbocycles. The predicted octanol–water partition coefficient (Wildman–Crippen LogP) is 1.48. The van der Waals surface area contributed by atoms with Crippen LogP contribution in [0.15, 0.2) is 28.0 Å². The van der Waals surface area contributed by atoms with Crippen LogP contribution in [0.1, 0.15) is 6.92 Å². The largest absolute Gasteiger partial charge is 0.399 e. The summed E-state index contributed by atoms with van der Waals surface area (Å²) in [5.41, 5.74) is 5.94. The van der Waals surface area contributed by atoms with Crippen LogP contribution in [0.3, 0.4) is 0 Å². The Labute approximate surface area is 105 Å². The van der Waals surface area contributed by atoms with Gasteiger partial charge in [-0.05, 0) is 30.0 Å². The third kappa shape index (κ3) is 2.91. The number of thioether (sulfide) groups is 1. The summed E-state index contributed by atoms with van der Waals surface area (Å²) in [6.45, 7) is 2.09. The maximum absolute atomic E-state index is 12.2. The summed E-state index contributed by atoms with van der Waals surface area (Å²) < 4.78 is 25.5. The van der Waals surface area contributed by atoms with Gasteiger partial charge in [0, 0.05) is 24.2 Å². The van der Waals surface area contributed by atoms with Crippen molar-refractivity contribution in [1.82, 2.24) is 4.31 Å². The van der Waals surface area contributed by atoms with Gasteiger partial charge in [0.15, 0.2) is 0 Å². The molecule has 0 heterocycles. The highest BCUT2D eigenvalue weighted by atomic mass is 32.2. The average Bonchev–Trinajstić information content (AvgIpc) is 2.30. The van der Waals surface area contributed by atoms with Gasteiger partial charge in [0.05, 0.1) is 4.90 Å². The molecule has 1 aromatic carbocycles. The van der Waals surface area contributed by atoms with Crippen LogP contribution in [-0.2, 0) is 10.0 Å². The molecule has 0 fully saturated rings. The molecule has 0 bridgehead atoms. The van der Waals surface area contributed by atoms with Crippen molar-refractivity contribution in [3.63, 3.8) is 0 Å². The number of sulfonamides is 1. The molecule has 1 rings (SSSR count). The Morgan fingerprint density at radius 3 is 2.71 bits per heavy atom. The molecule has 0 saturated heterocycles. The van der Waals surface area contributed by atoms with Crippen molar-refractivity contribution in [2.45, 2.75) is 16.7 Å². The standard InChI is InChI=1S/C10H13N3O2S2/c1-3-13(2)17(14,15)10-6-8(12)4-5-9(10)16-7-11/h4-6H,3,12H2,1-2H3. The monoisotopic (exact) mass is 271 g/mol. The summed E-state index contributed by atoms with van der Waals surface area (Å²) in [6, 6.07) is 4.49. The molecule has 92 valence electrons. The minimum atomic E-state index is -3.58. The van der Waals surface area contributed by atoms with Gasteiger partial charge in [0.25, 0.3) is 0 Å². The minimum Gasteiger partial charge on any atom is -0.399 e. The second-order valence-corrected chi connectivity index (χ2v) is 6.16. The van der Waals surface area contributed by atoms with Crippen molar-refractivity contribution in [2.24, 2.45) is 0 Å². The Morgan fingerprint density at radius 2 is 2.18 bits per heavy atom. The van der Waals surface area contributed by atoms with E-state index in [1.54, 1.807) is 19.1 Å². The summed E-state index contributed by atoms with van der Waals surface area (Å²) in [5.74, 6) is 0. The lowest BCUT2D eigenvalue weighted by molar-refractivity contribution is 0.484. The second kappa shape index (κ2) is 5.40. The fourth-order valence-electron chi connectivity index (χ4n) is 1.20. The number of benzene rings is 1. The van der Waals surface area contributed by atoms with E-state index in [0.717, 1.165) is 11.8 Å². The molecule has 1 aromatic rings. The van der Waals surface area contributed by atoms with E-state index in [2.05, 4.69) is 0 Å². The zero-order chi connectivity index (χ0) is 13.1. The molecule has 0 aliphatic carbocycles. The Morgan fingerprint density at radius 1 is 1.53 bits per heavy atom. The lowest BCUT2D eigenvalue weighted by Crippen LogP contribution is -2.27. The number of nitrogen functional groups attached to an aromatic ring is 1. The number of nitriles is 1. The van der Waals surface area contributed by atoms with Crippen molar-refractivity contribution < 1.29 is 8.42 Å². The summed E-state index contributed by atoms with van der Waals surface area (Å²) >= 11 is 0.810. The van der Waals surface area contributed by atoms with Crippen LogP contribution >= 0.6 is 11.8 Å². The van der Waals surface area contributed by atoms with Crippen molar-refractivity contribution in [3.8, 4) is 5.40 Å². The van der Waals surface area contributed by atoms with E-state index < -0.39 is 10.0 Å². The van der Waals surface area contributed by atoms with E-state index in [9.17, 15) is 8.42 Å². The van der Waals surface area contributed by atoms with Gasteiger partial charge in [-0.1, -0.05) is 6.92 Å².